The molecule has 0 saturated carbocycles. The van der Waals surface area contributed by atoms with E-state index in [1.165, 1.54) is 161 Å². The van der Waals surface area contributed by atoms with E-state index in [1.807, 2.05) is 0 Å². The summed E-state index contributed by atoms with van der Waals surface area (Å²) in [7, 11) is 0. The summed E-state index contributed by atoms with van der Waals surface area (Å²) in [6.07, 6.45) is 80.4. The Morgan fingerprint density at radius 2 is 0.643 bits per heavy atom. The maximum absolute atomic E-state index is 12.9. The molecule has 1 unspecified atom stereocenters. The molecule has 0 amide bonds. The number of carbonyl (C=O) groups is 2. The summed E-state index contributed by atoms with van der Waals surface area (Å²) in [6.45, 7) is 7.60. The van der Waals surface area contributed by atoms with Gasteiger partial charge in [0.25, 0.3) is 0 Å². The standard InChI is InChI=1S/C65H114O5/c1-4-7-10-13-16-19-22-25-28-30-32-34-36-39-42-45-48-51-54-57-60-68-61-63(70-65(67)59-56-53-50-47-44-41-37-27-24-21-18-15-12-9-6-3)62-69-64(66)58-55-52-49-46-43-40-38-35-33-31-29-26-23-20-17-14-11-8-5-2/h7,9-10,12,16,18-19,21,25,27-28,32,34,37,63H,4-6,8,11,13-15,17,20,22-24,26,29-31,33,35-36,38-62H2,1-3H3/b10-7-,12-9-,19-16-,21-18-,28-25-,34-32-,37-27-. The first-order valence-corrected chi connectivity index (χ1v) is 30.1. The number of hydrogen-bond acceptors (Lipinski definition) is 5. The van der Waals surface area contributed by atoms with E-state index in [1.54, 1.807) is 0 Å². The van der Waals surface area contributed by atoms with Crippen LogP contribution in [-0.4, -0.2) is 37.9 Å². The van der Waals surface area contributed by atoms with Crippen molar-refractivity contribution < 1.29 is 23.8 Å². The number of unbranched alkanes of at least 4 members (excludes halogenated alkanes) is 30. The van der Waals surface area contributed by atoms with Gasteiger partial charge in [-0.1, -0.05) is 273 Å². The molecule has 404 valence electrons. The van der Waals surface area contributed by atoms with E-state index in [-0.39, 0.29) is 25.2 Å². The van der Waals surface area contributed by atoms with Gasteiger partial charge in [-0.25, -0.2) is 0 Å². The fraction of sp³-hybridized carbons (Fsp3) is 0.754. The zero-order valence-corrected chi connectivity index (χ0v) is 46.5. The third-order valence-electron chi connectivity index (χ3n) is 12.9. The number of ether oxygens (including phenoxy) is 3. The van der Waals surface area contributed by atoms with Gasteiger partial charge in [-0.3, -0.25) is 9.59 Å². The molecule has 5 nitrogen and oxygen atoms in total. The highest BCUT2D eigenvalue weighted by Crippen LogP contribution is 2.16. The number of hydrogen-bond donors (Lipinski definition) is 0. The molecule has 5 heteroatoms. The van der Waals surface area contributed by atoms with E-state index in [0.717, 1.165) is 96.3 Å². The highest BCUT2D eigenvalue weighted by atomic mass is 16.6. The van der Waals surface area contributed by atoms with Crippen molar-refractivity contribution in [3.63, 3.8) is 0 Å². The summed E-state index contributed by atoms with van der Waals surface area (Å²) in [5, 5.41) is 0. The Kier molecular flexibility index (Phi) is 57.9. The normalized spacial score (nSPS) is 12.8. The predicted octanol–water partition coefficient (Wildman–Crippen LogP) is 20.8. The van der Waals surface area contributed by atoms with Gasteiger partial charge in [0.2, 0.25) is 0 Å². The second-order valence-corrected chi connectivity index (χ2v) is 19.8. The van der Waals surface area contributed by atoms with Crippen LogP contribution in [0.2, 0.25) is 0 Å². The Bertz CT molecular complexity index is 1290. The highest BCUT2D eigenvalue weighted by molar-refractivity contribution is 5.70. The first kappa shape index (κ1) is 67.1. The SMILES string of the molecule is CC/C=C\C/C=C\C/C=C\C/C=C\CCCCCCCCCOCC(COC(=O)CCCCCCCCCCCCCCCCCCCCC)OC(=O)CCCCCCC/C=C\C/C=C\C/C=C\CC. The van der Waals surface area contributed by atoms with Crippen LogP contribution in [0.5, 0.6) is 0 Å². The summed E-state index contributed by atoms with van der Waals surface area (Å²) in [5.74, 6) is -0.413. The maximum Gasteiger partial charge on any atom is 0.306 e. The van der Waals surface area contributed by atoms with Crippen molar-refractivity contribution in [1.29, 1.82) is 0 Å². The zero-order chi connectivity index (χ0) is 50.6. The molecule has 0 aromatic heterocycles. The van der Waals surface area contributed by atoms with Crippen LogP contribution in [0.3, 0.4) is 0 Å². The minimum absolute atomic E-state index is 0.0732. The third kappa shape index (κ3) is 57.7. The molecule has 0 aromatic rings. The van der Waals surface area contributed by atoms with Crippen LogP contribution in [-0.2, 0) is 23.8 Å². The molecule has 0 aliphatic carbocycles. The molecule has 0 aromatic carbocycles. The Balaban J connectivity index is 4.29. The minimum atomic E-state index is -0.554. The van der Waals surface area contributed by atoms with E-state index >= 15 is 0 Å². The van der Waals surface area contributed by atoms with E-state index in [9.17, 15) is 9.59 Å². The van der Waals surface area contributed by atoms with Crippen LogP contribution in [0.15, 0.2) is 85.1 Å². The number of carbonyl (C=O) groups excluding carboxylic acids is 2. The lowest BCUT2D eigenvalue weighted by atomic mass is 10.0. The molecule has 0 aliphatic heterocycles. The Hall–Kier alpha value is -2.92. The van der Waals surface area contributed by atoms with Gasteiger partial charge in [0.1, 0.15) is 6.61 Å². The number of rotatable bonds is 55. The van der Waals surface area contributed by atoms with Gasteiger partial charge in [0.05, 0.1) is 6.61 Å². The fourth-order valence-corrected chi connectivity index (χ4v) is 8.52. The van der Waals surface area contributed by atoms with Crippen molar-refractivity contribution >= 4 is 11.9 Å². The van der Waals surface area contributed by atoms with Crippen LogP contribution in [0.1, 0.15) is 290 Å². The molecule has 0 bridgehead atoms. The first-order valence-electron chi connectivity index (χ1n) is 30.1. The lowest BCUT2D eigenvalue weighted by Gasteiger charge is -2.18. The number of allylic oxidation sites excluding steroid dienone is 14. The van der Waals surface area contributed by atoms with Crippen LogP contribution in [0, 0.1) is 0 Å². The molecule has 0 spiro atoms. The average molecular weight is 976 g/mol. The second-order valence-electron chi connectivity index (χ2n) is 19.8. The fourth-order valence-electron chi connectivity index (χ4n) is 8.52. The molecular weight excluding hydrogens is 861 g/mol. The van der Waals surface area contributed by atoms with Gasteiger partial charge in [-0.05, 0) is 89.9 Å². The predicted molar refractivity (Wildman–Crippen MR) is 307 cm³/mol. The molecule has 0 rings (SSSR count). The number of esters is 2. The average Bonchev–Trinajstić information content (AvgIpc) is 3.36. The Morgan fingerprint density at radius 1 is 0.329 bits per heavy atom. The van der Waals surface area contributed by atoms with Crippen molar-refractivity contribution in [3.8, 4) is 0 Å². The molecule has 1 atom stereocenters. The monoisotopic (exact) mass is 975 g/mol. The van der Waals surface area contributed by atoms with Gasteiger partial charge in [-0.2, -0.15) is 0 Å². The van der Waals surface area contributed by atoms with Crippen molar-refractivity contribution in [3.05, 3.63) is 85.1 Å². The van der Waals surface area contributed by atoms with Crippen molar-refractivity contribution in [2.75, 3.05) is 19.8 Å². The highest BCUT2D eigenvalue weighted by Gasteiger charge is 2.17. The smallest absolute Gasteiger partial charge is 0.306 e. The van der Waals surface area contributed by atoms with E-state index in [0.29, 0.717) is 19.4 Å². The summed E-state index contributed by atoms with van der Waals surface area (Å²) in [4.78, 5) is 25.6. The van der Waals surface area contributed by atoms with E-state index < -0.39 is 6.10 Å². The molecule has 0 N–H and O–H groups in total. The van der Waals surface area contributed by atoms with Crippen molar-refractivity contribution in [2.24, 2.45) is 0 Å². The van der Waals surface area contributed by atoms with Crippen LogP contribution in [0.25, 0.3) is 0 Å². The van der Waals surface area contributed by atoms with Crippen molar-refractivity contribution in [2.45, 2.75) is 297 Å². The van der Waals surface area contributed by atoms with E-state index in [4.69, 9.17) is 14.2 Å². The van der Waals surface area contributed by atoms with Crippen molar-refractivity contribution in [1.82, 2.24) is 0 Å². The van der Waals surface area contributed by atoms with Gasteiger partial charge < -0.3 is 14.2 Å². The van der Waals surface area contributed by atoms with Crippen LogP contribution in [0.4, 0.5) is 0 Å². The lowest BCUT2D eigenvalue weighted by Crippen LogP contribution is -2.30. The summed E-state index contributed by atoms with van der Waals surface area (Å²) in [5.41, 5.74) is 0. The quantitative estimate of drug-likeness (QED) is 0.0345. The first-order chi connectivity index (χ1) is 34.6. The van der Waals surface area contributed by atoms with Crippen LogP contribution < -0.4 is 0 Å². The Morgan fingerprint density at radius 3 is 1.03 bits per heavy atom. The lowest BCUT2D eigenvalue weighted by molar-refractivity contribution is -0.163. The largest absolute Gasteiger partial charge is 0.462 e. The zero-order valence-electron chi connectivity index (χ0n) is 46.5. The van der Waals surface area contributed by atoms with Gasteiger partial charge in [-0.15, -0.1) is 0 Å². The minimum Gasteiger partial charge on any atom is -0.462 e. The summed E-state index contributed by atoms with van der Waals surface area (Å²) in [6, 6.07) is 0. The molecule has 70 heavy (non-hydrogen) atoms. The maximum atomic E-state index is 12.9. The Labute approximate surface area is 435 Å². The molecule has 0 heterocycles. The van der Waals surface area contributed by atoms with Gasteiger partial charge in [0.15, 0.2) is 6.10 Å². The second kappa shape index (κ2) is 60.4. The summed E-state index contributed by atoms with van der Waals surface area (Å²) < 4.78 is 17.5. The molecule has 0 saturated heterocycles. The third-order valence-corrected chi connectivity index (χ3v) is 12.9. The van der Waals surface area contributed by atoms with Gasteiger partial charge in [0, 0.05) is 19.4 Å². The molecule has 0 fully saturated rings. The molecule has 0 radical (unpaired) electrons. The van der Waals surface area contributed by atoms with E-state index in [2.05, 4.69) is 106 Å². The molecular formula is C65H114O5. The van der Waals surface area contributed by atoms with Crippen LogP contribution >= 0.6 is 0 Å². The topological polar surface area (TPSA) is 61.8 Å². The molecule has 0 aliphatic rings. The van der Waals surface area contributed by atoms with Gasteiger partial charge >= 0.3 is 11.9 Å². The summed E-state index contributed by atoms with van der Waals surface area (Å²) >= 11 is 0.